The Morgan fingerprint density at radius 2 is 2.07 bits per heavy atom. The van der Waals surface area contributed by atoms with Crippen LogP contribution in [0.1, 0.15) is 50.4 Å². The Bertz CT molecular complexity index is 303. The molecule has 0 spiro atoms. The lowest BCUT2D eigenvalue weighted by Crippen LogP contribution is -2.15. The van der Waals surface area contributed by atoms with Crippen molar-refractivity contribution in [2.75, 3.05) is 0 Å². The van der Waals surface area contributed by atoms with Crippen LogP contribution in [0.4, 0.5) is 0 Å². The second kappa shape index (κ2) is 4.71. The molecule has 1 atom stereocenters. The molecular weight excluding hydrogens is 186 g/mol. The van der Waals surface area contributed by atoms with Gasteiger partial charge in [0.2, 0.25) is 0 Å². The number of aromatic nitrogens is 2. The molecule has 0 saturated heterocycles. The molecule has 0 aromatic carbocycles. The minimum Gasteiger partial charge on any atom is -0.310 e. The van der Waals surface area contributed by atoms with Crippen LogP contribution >= 0.6 is 0 Å². The second-order valence-corrected chi connectivity index (χ2v) is 4.41. The minimum absolute atomic E-state index is 0.468. The van der Waals surface area contributed by atoms with Crippen molar-refractivity contribution in [2.45, 2.75) is 51.6 Å². The molecule has 1 unspecified atom stereocenters. The van der Waals surface area contributed by atoms with Crippen molar-refractivity contribution in [1.29, 1.82) is 0 Å². The van der Waals surface area contributed by atoms with Crippen LogP contribution in [0.5, 0.6) is 0 Å². The molecule has 0 amide bonds. The van der Waals surface area contributed by atoms with Gasteiger partial charge in [-0.25, -0.2) is 9.97 Å². The maximum Gasteiger partial charge on any atom is 0.131 e. The topological polar surface area (TPSA) is 37.8 Å². The van der Waals surface area contributed by atoms with Gasteiger partial charge in [0.1, 0.15) is 5.82 Å². The van der Waals surface area contributed by atoms with Crippen LogP contribution in [0.15, 0.2) is 12.4 Å². The lowest BCUT2D eigenvalue weighted by molar-refractivity contribution is 0.658. The van der Waals surface area contributed by atoms with E-state index in [1.807, 2.05) is 12.4 Å². The highest BCUT2D eigenvalue weighted by atomic mass is 15.0. The molecule has 3 nitrogen and oxygen atoms in total. The Morgan fingerprint density at radius 1 is 1.40 bits per heavy atom. The molecule has 82 valence electrons. The summed E-state index contributed by atoms with van der Waals surface area (Å²) in [5.41, 5.74) is 1.19. The maximum atomic E-state index is 4.40. The van der Waals surface area contributed by atoms with E-state index in [-0.39, 0.29) is 0 Å². The van der Waals surface area contributed by atoms with Gasteiger partial charge in [0.05, 0.1) is 0 Å². The van der Waals surface area contributed by atoms with E-state index < -0.39 is 0 Å². The SMILES string of the molecule is CCC(C)c1ncc(CNC2CC2)cn1. The molecule has 1 aliphatic rings. The van der Waals surface area contributed by atoms with E-state index in [2.05, 4.69) is 29.1 Å². The number of nitrogens with one attached hydrogen (secondary N) is 1. The molecule has 1 N–H and O–H groups in total. The highest BCUT2D eigenvalue weighted by Gasteiger charge is 2.19. The average Bonchev–Trinajstić information content (AvgIpc) is 3.10. The van der Waals surface area contributed by atoms with Crippen molar-refractivity contribution in [3.8, 4) is 0 Å². The summed E-state index contributed by atoms with van der Waals surface area (Å²) in [6.07, 6.45) is 7.64. The average molecular weight is 205 g/mol. The predicted molar refractivity (Wildman–Crippen MR) is 60.6 cm³/mol. The fourth-order valence-electron chi connectivity index (χ4n) is 1.44. The molecule has 1 aromatic rings. The Balaban J connectivity index is 1.90. The van der Waals surface area contributed by atoms with Crippen LogP contribution < -0.4 is 5.32 Å². The van der Waals surface area contributed by atoms with E-state index in [0.29, 0.717) is 5.92 Å². The summed E-state index contributed by atoms with van der Waals surface area (Å²) in [5.74, 6) is 1.43. The molecule has 1 heterocycles. The van der Waals surface area contributed by atoms with Gasteiger partial charge in [0.15, 0.2) is 0 Å². The van der Waals surface area contributed by atoms with E-state index in [1.165, 1.54) is 18.4 Å². The van der Waals surface area contributed by atoms with Gasteiger partial charge in [0.25, 0.3) is 0 Å². The van der Waals surface area contributed by atoms with Gasteiger partial charge < -0.3 is 5.32 Å². The zero-order valence-corrected chi connectivity index (χ0v) is 9.53. The van der Waals surface area contributed by atoms with E-state index in [1.54, 1.807) is 0 Å². The van der Waals surface area contributed by atoms with Crippen molar-refractivity contribution in [3.05, 3.63) is 23.8 Å². The smallest absolute Gasteiger partial charge is 0.131 e. The molecule has 0 aliphatic heterocycles. The second-order valence-electron chi connectivity index (χ2n) is 4.41. The van der Waals surface area contributed by atoms with Crippen molar-refractivity contribution < 1.29 is 0 Å². The fourth-order valence-corrected chi connectivity index (χ4v) is 1.44. The zero-order chi connectivity index (χ0) is 10.7. The largest absolute Gasteiger partial charge is 0.310 e. The Hall–Kier alpha value is -0.960. The number of hydrogen-bond acceptors (Lipinski definition) is 3. The summed E-state index contributed by atoms with van der Waals surface area (Å²) >= 11 is 0. The first-order valence-electron chi connectivity index (χ1n) is 5.83. The van der Waals surface area contributed by atoms with Crippen molar-refractivity contribution in [2.24, 2.45) is 0 Å². The first-order chi connectivity index (χ1) is 7.29. The Morgan fingerprint density at radius 3 is 2.60 bits per heavy atom. The van der Waals surface area contributed by atoms with Crippen LogP contribution in [0.25, 0.3) is 0 Å². The highest BCUT2D eigenvalue weighted by Crippen LogP contribution is 2.19. The van der Waals surface area contributed by atoms with Crippen LogP contribution in [-0.2, 0) is 6.54 Å². The summed E-state index contributed by atoms with van der Waals surface area (Å²) in [6.45, 7) is 5.24. The molecule has 1 aromatic heterocycles. The molecule has 0 bridgehead atoms. The molecule has 3 heteroatoms. The van der Waals surface area contributed by atoms with Gasteiger partial charge >= 0.3 is 0 Å². The standard InChI is InChI=1S/C12H19N3/c1-3-9(2)12-14-7-10(8-15-12)6-13-11-4-5-11/h7-9,11,13H,3-6H2,1-2H3. The first kappa shape index (κ1) is 10.6. The van der Waals surface area contributed by atoms with Crippen LogP contribution in [0.3, 0.4) is 0 Å². The maximum absolute atomic E-state index is 4.40. The monoisotopic (exact) mass is 205 g/mol. The Kier molecular flexibility index (Phi) is 3.31. The van der Waals surface area contributed by atoms with E-state index >= 15 is 0 Å². The van der Waals surface area contributed by atoms with E-state index in [9.17, 15) is 0 Å². The third kappa shape index (κ3) is 2.99. The van der Waals surface area contributed by atoms with Gasteiger partial charge in [-0.2, -0.15) is 0 Å². The molecule has 15 heavy (non-hydrogen) atoms. The number of nitrogens with zero attached hydrogens (tertiary/aromatic N) is 2. The lowest BCUT2D eigenvalue weighted by Gasteiger charge is -2.07. The van der Waals surface area contributed by atoms with Crippen molar-refractivity contribution >= 4 is 0 Å². The summed E-state index contributed by atoms with van der Waals surface area (Å²) < 4.78 is 0. The van der Waals surface area contributed by atoms with Crippen LogP contribution in [0, 0.1) is 0 Å². The summed E-state index contributed by atoms with van der Waals surface area (Å²) in [6, 6.07) is 0.749. The van der Waals surface area contributed by atoms with E-state index in [4.69, 9.17) is 0 Å². The lowest BCUT2D eigenvalue weighted by atomic mass is 10.1. The number of rotatable bonds is 5. The predicted octanol–water partition coefficient (Wildman–Crippen LogP) is 2.24. The zero-order valence-electron chi connectivity index (χ0n) is 9.53. The van der Waals surface area contributed by atoms with Gasteiger partial charge in [0, 0.05) is 36.5 Å². The van der Waals surface area contributed by atoms with Gasteiger partial charge in [-0.15, -0.1) is 0 Å². The third-order valence-corrected chi connectivity index (χ3v) is 2.95. The van der Waals surface area contributed by atoms with Gasteiger partial charge in [-0.05, 0) is 19.3 Å². The molecule has 1 fully saturated rings. The molecule has 1 saturated carbocycles. The Labute approximate surface area is 91.3 Å². The van der Waals surface area contributed by atoms with Crippen LogP contribution in [0.2, 0.25) is 0 Å². The molecule has 0 radical (unpaired) electrons. The normalized spacial score (nSPS) is 17.7. The first-order valence-corrected chi connectivity index (χ1v) is 5.83. The van der Waals surface area contributed by atoms with Crippen molar-refractivity contribution in [3.63, 3.8) is 0 Å². The fraction of sp³-hybridized carbons (Fsp3) is 0.667. The highest BCUT2D eigenvalue weighted by molar-refractivity contribution is 5.07. The van der Waals surface area contributed by atoms with Gasteiger partial charge in [-0.3, -0.25) is 0 Å². The minimum atomic E-state index is 0.468. The quantitative estimate of drug-likeness (QED) is 0.801. The van der Waals surface area contributed by atoms with Crippen molar-refractivity contribution in [1.82, 2.24) is 15.3 Å². The summed E-state index contributed by atoms with van der Waals surface area (Å²) in [4.78, 5) is 8.79. The summed E-state index contributed by atoms with van der Waals surface area (Å²) in [7, 11) is 0. The molecule has 2 rings (SSSR count). The molecule has 1 aliphatic carbocycles. The van der Waals surface area contributed by atoms with Crippen LogP contribution in [-0.4, -0.2) is 16.0 Å². The summed E-state index contributed by atoms with van der Waals surface area (Å²) in [5, 5.41) is 3.46. The van der Waals surface area contributed by atoms with E-state index in [0.717, 1.165) is 24.8 Å². The third-order valence-electron chi connectivity index (χ3n) is 2.95. The number of hydrogen-bond donors (Lipinski definition) is 1. The molecular formula is C12H19N3. The van der Waals surface area contributed by atoms with Gasteiger partial charge in [-0.1, -0.05) is 13.8 Å².